The Labute approximate surface area is 86.3 Å². The molecule has 2 rings (SSSR count). The van der Waals surface area contributed by atoms with Crippen LogP contribution in [0.1, 0.15) is 6.42 Å². The minimum Gasteiger partial charge on any atom is -0.364 e. The van der Waals surface area contributed by atoms with Crippen LogP contribution in [-0.2, 0) is 4.79 Å². The zero-order valence-corrected chi connectivity index (χ0v) is 8.22. The minimum atomic E-state index is -0.369. The van der Waals surface area contributed by atoms with Crippen LogP contribution in [0.5, 0.6) is 0 Å². The van der Waals surface area contributed by atoms with Gasteiger partial charge in [0.1, 0.15) is 5.82 Å². The number of halogens is 2. The van der Waals surface area contributed by atoms with E-state index in [0.29, 0.717) is 30.2 Å². The smallest absolute Gasteiger partial charge is 0.153 e. The summed E-state index contributed by atoms with van der Waals surface area (Å²) >= 11 is 5.71. The van der Waals surface area contributed by atoms with Crippen molar-refractivity contribution >= 4 is 23.1 Å². The summed E-state index contributed by atoms with van der Waals surface area (Å²) in [6.07, 6.45) is 0.536. The van der Waals surface area contributed by atoms with E-state index in [-0.39, 0.29) is 11.6 Å². The van der Waals surface area contributed by atoms with Gasteiger partial charge in [-0.25, -0.2) is 4.39 Å². The van der Waals surface area contributed by atoms with Gasteiger partial charge in [-0.05, 0) is 18.2 Å². The van der Waals surface area contributed by atoms with Gasteiger partial charge < -0.3 is 4.90 Å². The lowest BCUT2D eigenvalue weighted by Crippen LogP contribution is -2.19. The Bertz CT molecular complexity index is 360. The molecule has 0 aliphatic carbocycles. The molecule has 0 saturated carbocycles. The van der Waals surface area contributed by atoms with Crippen LogP contribution >= 0.6 is 11.6 Å². The molecular formula is C10H9ClFNO. The summed E-state index contributed by atoms with van der Waals surface area (Å²) in [6.45, 7) is 1.01. The fourth-order valence-electron chi connectivity index (χ4n) is 1.57. The molecule has 1 saturated heterocycles. The number of hydrogen-bond acceptors (Lipinski definition) is 2. The fraction of sp³-hybridized carbons (Fsp3) is 0.300. The van der Waals surface area contributed by atoms with Crippen LogP contribution in [0.2, 0.25) is 5.02 Å². The van der Waals surface area contributed by atoms with Gasteiger partial charge in [-0.15, -0.1) is 0 Å². The molecule has 0 bridgehead atoms. The molecule has 1 aromatic rings. The molecule has 1 fully saturated rings. The van der Waals surface area contributed by atoms with Gasteiger partial charge in [0.25, 0.3) is 0 Å². The highest BCUT2D eigenvalue weighted by Gasteiger charge is 2.20. The van der Waals surface area contributed by atoms with Gasteiger partial charge in [-0.3, -0.25) is 4.79 Å². The standard InChI is InChI=1S/C10H9ClFNO/c11-7-3-8(12)5-9(4-7)13-2-1-10(14)6-13/h3-5H,1-2,6H2. The monoisotopic (exact) mass is 213 g/mol. The van der Waals surface area contributed by atoms with E-state index in [0.717, 1.165) is 0 Å². The van der Waals surface area contributed by atoms with Gasteiger partial charge in [0.2, 0.25) is 0 Å². The lowest BCUT2D eigenvalue weighted by molar-refractivity contribution is -0.116. The zero-order chi connectivity index (χ0) is 10.1. The van der Waals surface area contributed by atoms with E-state index in [2.05, 4.69) is 0 Å². The Morgan fingerprint density at radius 1 is 1.36 bits per heavy atom. The van der Waals surface area contributed by atoms with E-state index in [1.165, 1.54) is 12.1 Å². The van der Waals surface area contributed by atoms with E-state index in [4.69, 9.17) is 11.6 Å². The van der Waals surface area contributed by atoms with Gasteiger partial charge in [-0.1, -0.05) is 11.6 Å². The second-order valence-corrected chi connectivity index (χ2v) is 3.77. The minimum absolute atomic E-state index is 0.186. The van der Waals surface area contributed by atoms with Gasteiger partial charge in [0, 0.05) is 23.7 Å². The molecule has 74 valence electrons. The third-order valence-electron chi connectivity index (χ3n) is 2.24. The summed E-state index contributed by atoms with van der Waals surface area (Å²) in [7, 11) is 0. The number of Topliss-reactive ketones (excluding diaryl/α,β-unsaturated/α-hetero) is 1. The van der Waals surface area contributed by atoms with Gasteiger partial charge in [-0.2, -0.15) is 0 Å². The van der Waals surface area contributed by atoms with Gasteiger partial charge >= 0.3 is 0 Å². The maximum absolute atomic E-state index is 13.0. The third kappa shape index (κ3) is 1.87. The molecule has 0 unspecified atom stereocenters. The summed E-state index contributed by atoms with van der Waals surface area (Å²) in [5.41, 5.74) is 0.681. The number of nitrogens with zero attached hydrogens (tertiary/aromatic N) is 1. The topological polar surface area (TPSA) is 20.3 Å². The summed E-state index contributed by atoms with van der Waals surface area (Å²) in [5.74, 6) is -0.183. The predicted molar refractivity (Wildman–Crippen MR) is 53.2 cm³/mol. The summed E-state index contributed by atoms with van der Waals surface area (Å²) in [6, 6.07) is 4.32. The second-order valence-electron chi connectivity index (χ2n) is 3.34. The fourth-order valence-corrected chi connectivity index (χ4v) is 1.79. The quantitative estimate of drug-likeness (QED) is 0.713. The maximum Gasteiger partial charge on any atom is 0.153 e. The Morgan fingerprint density at radius 3 is 2.71 bits per heavy atom. The molecule has 1 aliphatic heterocycles. The van der Waals surface area contributed by atoms with Crippen molar-refractivity contribution in [2.45, 2.75) is 6.42 Å². The van der Waals surface area contributed by atoms with Crippen LogP contribution in [0.3, 0.4) is 0 Å². The first-order chi connectivity index (χ1) is 6.65. The van der Waals surface area contributed by atoms with Crippen molar-refractivity contribution in [2.75, 3.05) is 18.0 Å². The SMILES string of the molecule is O=C1CCN(c2cc(F)cc(Cl)c2)C1. The highest BCUT2D eigenvalue weighted by molar-refractivity contribution is 6.30. The molecule has 0 N–H and O–H groups in total. The van der Waals surface area contributed by atoms with E-state index in [1.54, 1.807) is 6.07 Å². The summed E-state index contributed by atoms with van der Waals surface area (Å²) in [5, 5.41) is 0.361. The molecule has 0 amide bonds. The van der Waals surface area contributed by atoms with Crippen molar-refractivity contribution in [1.82, 2.24) is 0 Å². The van der Waals surface area contributed by atoms with E-state index < -0.39 is 0 Å². The second kappa shape index (κ2) is 3.58. The normalized spacial score (nSPS) is 16.4. The molecule has 2 nitrogen and oxygen atoms in total. The maximum atomic E-state index is 13.0. The molecule has 0 spiro atoms. The molecular weight excluding hydrogens is 205 g/mol. The lowest BCUT2D eigenvalue weighted by atomic mass is 10.3. The molecule has 0 atom stereocenters. The van der Waals surface area contributed by atoms with Crippen LogP contribution < -0.4 is 4.90 Å². The number of ketones is 1. The van der Waals surface area contributed by atoms with Crippen molar-refractivity contribution in [3.05, 3.63) is 29.0 Å². The van der Waals surface area contributed by atoms with E-state index in [9.17, 15) is 9.18 Å². The zero-order valence-electron chi connectivity index (χ0n) is 7.46. The van der Waals surface area contributed by atoms with Crippen molar-refractivity contribution in [2.24, 2.45) is 0 Å². The Hall–Kier alpha value is -1.09. The molecule has 0 aromatic heterocycles. The largest absolute Gasteiger partial charge is 0.364 e. The molecule has 4 heteroatoms. The highest BCUT2D eigenvalue weighted by atomic mass is 35.5. The van der Waals surface area contributed by atoms with Gasteiger partial charge in [0.05, 0.1) is 6.54 Å². The first-order valence-corrected chi connectivity index (χ1v) is 4.76. The Kier molecular flexibility index (Phi) is 2.42. The van der Waals surface area contributed by atoms with Crippen LogP contribution in [0.4, 0.5) is 10.1 Å². The number of benzene rings is 1. The van der Waals surface area contributed by atoms with Crippen LogP contribution in [0.25, 0.3) is 0 Å². The first-order valence-electron chi connectivity index (χ1n) is 4.38. The lowest BCUT2D eigenvalue weighted by Gasteiger charge is -2.16. The number of rotatable bonds is 1. The summed E-state index contributed by atoms with van der Waals surface area (Å²) in [4.78, 5) is 12.9. The van der Waals surface area contributed by atoms with Crippen LogP contribution in [0.15, 0.2) is 18.2 Å². The third-order valence-corrected chi connectivity index (χ3v) is 2.46. The number of carbonyl (C=O) groups excluding carboxylic acids is 1. The predicted octanol–water partition coefficient (Wildman–Crippen LogP) is 2.26. The Balaban J connectivity index is 2.27. The van der Waals surface area contributed by atoms with Crippen molar-refractivity contribution in [1.29, 1.82) is 0 Å². The summed E-state index contributed by atoms with van der Waals surface area (Å²) < 4.78 is 13.0. The molecule has 1 aliphatic rings. The van der Waals surface area contributed by atoms with Crippen LogP contribution in [0, 0.1) is 5.82 Å². The molecule has 0 radical (unpaired) electrons. The highest BCUT2D eigenvalue weighted by Crippen LogP contribution is 2.23. The average molecular weight is 214 g/mol. The number of hydrogen-bond donors (Lipinski definition) is 0. The van der Waals surface area contributed by atoms with E-state index >= 15 is 0 Å². The Morgan fingerprint density at radius 2 is 2.14 bits per heavy atom. The van der Waals surface area contributed by atoms with Gasteiger partial charge in [0.15, 0.2) is 5.78 Å². The van der Waals surface area contributed by atoms with Crippen LogP contribution in [-0.4, -0.2) is 18.9 Å². The van der Waals surface area contributed by atoms with Crippen molar-refractivity contribution < 1.29 is 9.18 Å². The molecule has 1 aromatic carbocycles. The molecule has 1 heterocycles. The first kappa shape index (κ1) is 9.46. The van der Waals surface area contributed by atoms with Crippen molar-refractivity contribution in [3.8, 4) is 0 Å². The van der Waals surface area contributed by atoms with E-state index in [1.807, 2.05) is 4.90 Å². The van der Waals surface area contributed by atoms with Crippen molar-refractivity contribution in [3.63, 3.8) is 0 Å². The average Bonchev–Trinajstić information content (AvgIpc) is 2.50. The number of carbonyl (C=O) groups is 1. The molecule has 14 heavy (non-hydrogen) atoms. The number of anilines is 1.